The monoisotopic (exact) mass is 334 g/mol. The molecule has 0 aliphatic rings. The molecule has 3 heteroatoms. The molecule has 0 fully saturated rings. The molecule has 0 bridgehead atoms. The van der Waals surface area contributed by atoms with Crippen molar-refractivity contribution in [2.24, 2.45) is 0 Å². The average molecular weight is 335 g/mol. The van der Waals surface area contributed by atoms with Crippen LogP contribution in [0.2, 0.25) is 0 Å². The number of alkyl halides is 1. The zero-order valence-electron chi connectivity index (χ0n) is 10.9. The molecule has 2 aromatic rings. The van der Waals surface area contributed by atoms with Crippen LogP contribution in [0.25, 0.3) is 0 Å². The first kappa shape index (κ1) is 14.4. The molecular formula is C16H15BrOS. The zero-order valence-corrected chi connectivity index (χ0v) is 13.3. The Hall–Kier alpha value is -1.06. The Morgan fingerprint density at radius 3 is 2.32 bits per heavy atom. The number of Topliss-reactive ketones (excluding diaryl/α,β-unsaturated/α-hetero) is 1. The minimum Gasteiger partial charge on any atom is -0.293 e. The summed E-state index contributed by atoms with van der Waals surface area (Å²) >= 11 is 5.21. The molecule has 0 saturated heterocycles. The van der Waals surface area contributed by atoms with Crippen molar-refractivity contribution in [3.63, 3.8) is 0 Å². The second-order valence-electron chi connectivity index (χ2n) is 4.31. The molecule has 1 nitrogen and oxygen atoms in total. The number of hydrogen-bond donors (Lipinski definition) is 0. The highest BCUT2D eigenvalue weighted by molar-refractivity contribution is 9.09. The van der Waals surface area contributed by atoms with Gasteiger partial charge in [0.1, 0.15) is 4.83 Å². The molecule has 1 atom stereocenters. The maximum absolute atomic E-state index is 12.5. The highest BCUT2D eigenvalue weighted by Gasteiger charge is 2.20. The first-order valence-electron chi connectivity index (χ1n) is 6.01. The van der Waals surface area contributed by atoms with Crippen LogP contribution in [0.15, 0.2) is 53.4 Å². The molecule has 0 aliphatic heterocycles. The fourth-order valence-electron chi connectivity index (χ4n) is 1.91. The molecule has 0 spiro atoms. The van der Waals surface area contributed by atoms with Crippen molar-refractivity contribution >= 4 is 33.5 Å². The summed E-state index contributed by atoms with van der Waals surface area (Å²) in [5, 5.41) is 0. The van der Waals surface area contributed by atoms with Crippen LogP contribution in [-0.2, 0) is 0 Å². The van der Waals surface area contributed by atoms with E-state index in [1.807, 2.05) is 61.7 Å². The van der Waals surface area contributed by atoms with Crippen molar-refractivity contribution in [3.05, 3.63) is 65.2 Å². The van der Waals surface area contributed by atoms with Crippen LogP contribution in [0.1, 0.15) is 26.3 Å². The first-order valence-corrected chi connectivity index (χ1v) is 8.15. The third-order valence-electron chi connectivity index (χ3n) is 3.05. The molecule has 0 amide bonds. The molecule has 0 heterocycles. The lowest BCUT2D eigenvalue weighted by Gasteiger charge is -2.11. The standard InChI is InChI=1S/C16H15BrOS/c1-11-5-3-4-6-14(11)16(18)15(17)12-7-9-13(19-2)10-8-12/h3-10,15H,1-2H3. The third-order valence-corrected chi connectivity index (χ3v) is 4.74. The normalized spacial score (nSPS) is 12.2. The number of aryl methyl sites for hydroxylation is 1. The van der Waals surface area contributed by atoms with Crippen LogP contribution >= 0.6 is 27.7 Å². The Bertz CT molecular complexity index is 578. The quantitative estimate of drug-likeness (QED) is 0.442. The summed E-state index contributed by atoms with van der Waals surface area (Å²) in [4.78, 5) is 13.4. The Balaban J connectivity index is 2.26. The summed E-state index contributed by atoms with van der Waals surface area (Å²) in [5.74, 6) is 0.106. The van der Waals surface area contributed by atoms with Crippen molar-refractivity contribution in [2.75, 3.05) is 6.26 Å². The number of rotatable bonds is 4. The fourth-order valence-corrected chi connectivity index (χ4v) is 2.87. The van der Waals surface area contributed by atoms with Gasteiger partial charge < -0.3 is 0 Å². The molecular weight excluding hydrogens is 320 g/mol. The maximum atomic E-state index is 12.5. The molecule has 0 radical (unpaired) electrons. The van der Waals surface area contributed by atoms with E-state index < -0.39 is 0 Å². The van der Waals surface area contributed by atoms with Crippen molar-refractivity contribution in [1.82, 2.24) is 0 Å². The Kier molecular flexibility index (Phi) is 4.83. The molecule has 2 rings (SSSR count). The van der Waals surface area contributed by atoms with Crippen molar-refractivity contribution in [1.29, 1.82) is 0 Å². The molecule has 19 heavy (non-hydrogen) atoms. The van der Waals surface area contributed by atoms with Crippen molar-refractivity contribution < 1.29 is 4.79 Å². The summed E-state index contributed by atoms with van der Waals surface area (Å²) in [6.45, 7) is 1.96. The second kappa shape index (κ2) is 6.40. The van der Waals surface area contributed by atoms with E-state index in [1.54, 1.807) is 11.8 Å². The SMILES string of the molecule is CSc1ccc(C(Br)C(=O)c2ccccc2C)cc1. The predicted molar refractivity (Wildman–Crippen MR) is 85.4 cm³/mol. The number of thioether (sulfide) groups is 1. The van der Waals surface area contributed by atoms with Crippen LogP contribution in [-0.4, -0.2) is 12.0 Å². The Morgan fingerprint density at radius 1 is 1.11 bits per heavy atom. The Labute approximate surface area is 126 Å². The number of carbonyl (C=O) groups is 1. The average Bonchev–Trinajstić information content (AvgIpc) is 2.46. The maximum Gasteiger partial charge on any atom is 0.181 e. The molecule has 0 saturated carbocycles. The van der Waals surface area contributed by atoms with Gasteiger partial charge in [0.2, 0.25) is 0 Å². The molecule has 98 valence electrons. The predicted octanol–water partition coefficient (Wildman–Crippen LogP) is 5.04. The highest BCUT2D eigenvalue weighted by atomic mass is 79.9. The molecule has 2 aromatic carbocycles. The van der Waals surface area contributed by atoms with E-state index in [0.29, 0.717) is 0 Å². The smallest absolute Gasteiger partial charge is 0.181 e. The van der Waals surface area contributed by atoms with E-state index in [2.05, 4.69) is 15.9 Å². The van der Waals surface area contributed by atoms with Crippen molar-refractivity contribution in [3.8, 4) is 0 Å². The van der Waals surface area contributed by atoms with E-state index >= 15 is 0 Å². The van der Waals surface area contributed by atoms with E-state index in [0.717, 1.165) is 16.7 Å². The van der Waals surface area contributed by atoms with E-state index in [4.69, 9.17) is 0 Å². The lowest BCUT2D eigenvalue weighted by molar-refractivity contribution is 0.0991. The van der Waals surface area contributed by atoms with E-state index in [9.17, 15) is 4.79 Å². The molecule has 0 N–H and O–H groups in total. The van der Waals surface area contributed by atoms with Gasteiger partial charge in [0.15, 0.2) is 5.78 Å². The summed E-state index contributed by atoms with van der Waals surface area (Å²) in [7, 11) is 0. The first-order chi connectivity index (χ1) is 9.13. The van der Waals surface area contributed by atoms with Gasteiger partial charge in [-0.3, -0.25) is 4.79 Å². The van der Waals surface area contributed by atoms with Crippen LogP contribution in [0.3, 0.4) is 0 Å². The molecule has 0 aliphatic carbocycles. The summed E-state index contributed by atoms with van der Waals surface area (Å²) < 4.78 is 0. The summed E-state index contributed by atoms with van der Waals surface area (Å²) in [5.41, 5.74) is 2.78. The van der Waals surface area contributed by atoms with Gasteiger partial charge in [-0.2, -0.15) is 0 Å². The fraction of sp³-hybridized carbons (Fsp3) is 0.188. The van der Waals surface area contributed by atoms with Crippen LogP contribution in [0, 0.1) is 6.92 Å². The Morgan fingerprint density at radius 2 is 1.74 bits per heavy atom. The van der Waals surface area contributed by atoms with Gasteiger partial charge >= 0.3 is 0 Å². The number of ketones is 1. The number of hydrogen-bond acceptors (Lipinski definition) is 2. The largest absolute Gasteiger partial charge is 0.293 e. The van der Waals surface area contributed by atoms with Gasteiger partial charge in [-0.15, -0.1) is 11.8 Å². The molecule has 1 unspecified atom stereocenters. The van der Waals surface area contributed by atoms with Crippen LogP contribution in [0.5, 0.6) is 0 Å². The minimum atomic E-state index is -0.287. The highest BCUT2D eigenvalue weighted by Crippen LogP contribution is 2.29. The number of halogens is 1. The second-order valence-corrected chi connectivity index (χ2v) is 6.11. The van der Waals surface area contributed by atoms with Gasteiger partial charge in [-0.1, -0.05) is 52.3 Å². The minimum absolute atomic E-state index is 0.106. The van der Waals surface area contributed by atoms with Gasteiger partial charge in [0.25, 0.3) is 0 Å². The number of carbonyl (C=O) groups excluding carboxylic acids is 1. The molecule has 0 aromatic heterocycles. The van der Waals surface area contributed by atoms with E-state index in [1.165, 1.54) is 4.90 Å². The lowest BCUT2D eigenvalue weighted by atomic mass is 9.99. The third kappa shape index (κ3) is 3.28. The van der Waals surface area contributed by atoms with Gasteiger partial charge in [-0.25, -0.2) is 0 Å². The van der Waals surface area contributed by atoms with E-state index in [-0.39, 0.29) is 10.6 Å². The van der Waals surface area contributed by atoms with Crippen molar-refractivity contribution in [2.45, 2.75) is 16.6 Å². The lowest BCUT2D eigenvalue weighted by Crippen LogP contribution is -2.08. The van der Waals surface area contributed by atoms with Crippen LogP contribution in [0.4, 0.5) is 0 Å². The van der Waals surface area contributed by atoms with Crippen LogP contribution < -0.4 is 0 Å². The van der Waals surface area contributed by atoms with Gasteiger partial charge in [0, 0.05) is 10.5 Å². The zero-order chi connectivity index (χ0) is 13.8. The van der Waals surface area contributed by atoms with Gasteiger partial charge in [-0.05, 0) is 36.4 Å². The number of benzene rings is 2. The van der Waals surface area contributed by atoms with Gasteiger partial charge in [0.05, 0.1) is 0 Å². The topological polar surface area (TPSA) is 17.1 Å². The summed E-state index contributed by atoms with van der Waals surface area (Å²) in [6, 6.07) is 15.8. The summed E-state index contributed by atoms with van der Waals surface area (Å²) in [6.07, 6.45) is 2.04.